The van der Waals surface area contributed by atoms with Gasteiger partial charge in [-0.05, 0) is 25.3 Å². The summed E-state index contributed by atoms with van der Waals surface area (Å²) in [6, 6.07) is -0.741. The lowest BCUT2D eigenvalue weighted by Crippen LogP contribution is -2.50. The standard InChI is InChI=1S/C11H20F3N3O/c1-17(10(18)16-7-11(12,13)14)9-5-3-2-4-8(9)6-15/h8-9H,2-7,15H2,1H3,(H,16,18). The van der Waals surface area contributed by atoms with Crippen LogP contribution in [0.1, 0.15) is 25.7 Å². The molecular weight excluding hydrogens is 247 g/mol. The number of alkyl halides is 3. The van der Waals surface area contributed by atoms with E-state index in [0.717, 1.165) is 25.7 Å². The van der Waals surface area contributed by atoms with E-state index in [1.54, 1.807) is 0 Å². The molecule has 1 fully saturated rings. The summed E-state index contributed by atoms with van der Waals surface area (Å²) in [5, 5.41) is 1.89. The van der Waals surface area contributed by atoms with Gasteiger partial charge >= 0.3 is 12.2 Å². The SMILES string of the molecule is CN(C(=O)NCC(F)(F)F)C1CCCCC1CN. The van der Waals surface area contributed by atoms with Crippen LogP contribution in [0.2, 0.25) is 0 Å². The van der Waals surface area contributed by atoms with Crippen molar-refractivity contribution < 1.29 is 18.0 Å². The van der Waals surface area contributed by atoms with Crippen molar-refractivity contribution in [2.24, 2.45) is 11.7 Å². The third-order valence-corrected chi connectivity index (χ3v) is 3.43. The summed E-state index contributed by atoms with van der Waals surface area (Å²) in [6.07, 6.45) is -0.597. The molecule has 0 aromatic carbocycles. The van der Waals surface area contributed by atoms with Crippen LogP contribution in [0.5, 0.6) is 0 Å². The van der Waals surface area contributed by atoms with Gasteiger partial charge < -0.3 is 16.0 Å². The van der Waals surface area contributed by atoms with Gasteiger partial charge in [-0.25, -0.2) is 4.79 Å². The maximum atomic E-state index is 12.0. The smallest absolute Gasteiger partial charge is 0.330 e. The van der Waals surface area contributed by atoms with Gasteiger partial charge in [-0.15, -0.1) is 0 Å². The highest BCUT2D eigenvalue weighted by Crippen LogP contribution is 2.27. The summed E-state index contributed by atoms with van der Waals surface area (Å²) in [4.78, 5) is 13.0. The van der Waals surface area contributed by atoms with Crippen LogP contribution < -0.4 is 11.1 Å². The highest BCUT2D eigenvalue weighted by Gasteiger charge is 2.32. The Hall–Kier alpha value is -0.980. The van der Waals surface area contributed by atoms with Gasteiger partial charge in [-0.3, -0.25) is 0 Å². The predicted octanol–water partition coefficient (Wildman–Crippen LogP) is 1.71. The summed E-state index contributed by atoms with van der Waals surface area (Å²) in [6.45, 7) is -0.836. The van der Waals surface area contributed by atoms with Gasteiger partial charge in [-0.1, -0.05) is 12.8 Å². The van der Waals surface area contributed by atoms with Gasteiger partial charge in [-0.2, -0.15) is 13.2 Å². The van der Waals surface area contributed by atoms with Gasteiger partial charge in [0, 0.05) is 13.1 Å². The maximum Gasteiger partial charge on any atom is 0.405 e. The van der Waals surface area contributed by atoms with Gasteiger partial charge in [0.1, 0.15) is 6.54 Å². The van der Waals surface area contributed by atoms with Crippen LogP contribution in [0, 0.1) is 5.92 Å². The van der Waals surface area contributed by atoms with Crippen molar-refractivity contribution in [1.82, 2.24) is 10.2 Å². The molecule has 3 N–H and O–H groups in total. The number of nitrogens with zero attached hydrogens (tertiary/aromatic N) is 1. The second kappa shape index (κ2) is 6.26. The van der Waals surface area contributed by atoms with Crippen LogP contribution in [-0.4, -0.2) is 43.3 Å². The summed E-state index contributed by atoms with van der Waals surface area (Å²) in [7, 11) is 1.53. The van der Waals surface area contributed by atoms with E-state index in [1.165, 1.54) is 11.9 Å². The summed E-state index contributed by atoms with van der Waals surface area (Å²) in [5.41, 5.74) is 5.64. The Morgan fingerprint density at radius 1 is 1.39 bits per heavy atom. The van der Waals surface area contributed by atoms with Crippen molar-refractivity contribution in [1.29, 1.82) is 0 Å². The summed E-state index contributed by atoms with van der Waals surface area (Å²) in [5.74, 6) is 0.181. The Morgan fingerprint density at radius 3 is 2.56 bits per heavy atom. The largest absolute Gasteiger partial charge is 0.405 e. The molecule has 2 amide bonds. The van der Waals surface area contributed by atoms with Crippen LogP contribution in [0.3, 0.4) is 0 Å². The van der Waals surface area contributed by atoms with Crippen molar-refractivity contribution >= 4 is 6.03 Å². The number of nitrogens with two attached hydrogens (primary N) is 1. The first-order valence-electron chi connectivity index (χ1n) is 6.12. The molecule has 1 aliphatic carbocycles. The van der Waals surface area contributed by atoms with Crippen LogP contribution in [0.15, 0.2) is 0 Å². The number of urea groups is 1. The third kappa shape index (κ3) is 4.36. The van der Waals surface area contributed by atoms with Crippen molar-refractivity contribution in [3.8, 4) is 0 Å². The number of carbonyl (C=O) groups excluding carboxylic acids is 1. The van der Waals surface area contributed by atoms with Gasteiger partial charge in [0.15, 0.2) is 0 Å². The number of hydrogen-bond donors (Lipinski definition) is 2. The van der Waals surface area contributed by atoms with E-state index < -0.39 is 18.8 Å². The number of nitrogens with one attached hydrogen (secondary N) is 1. The number of amides is 2. The zero-order valence-electron chi connectivity index (χ0n) is 10.5. The number of rotatable bonds is 3. The Balaban J connectivity index is 2.51. The summed E-state index contributed by atoms with van der Waals surface area (Å²) < 4.78 is 36.0. The second-order valence-electron chi connectivity index (χ2n) is 4.73. The van der Waals surface area contributed by atoms with Crippen LogP contribution in [-0.2, 0) is 0 Å². The third-order valence-electron chi connectivity index (χ3n) is 3.43. The van der Waals surface area contributed by atoms with E-state index in [2.05, 4.69) is 0 Å². The Kier molecular flexibility index (Phi) is 5.25. The fraction of sp³-hybridized carbons (Fsp3) is 0.909. The van der Waals surface area contributed by atoms with E-state index in [0.29, 0.717) is 6.54 Å². The van der Waals surface area contributed by atoms with Crippen LogP contribution in [0.25, 0.3) is 0 Å². The minimum Gasteiger partial charge on any atom is -0.330 e. The van der Waals surface area contributed by atoms with E-state index in [-0.39, 0.29) is 12.0 Å². The molecule has 7 heteroatoms. The first-order chi connectivity index (χ1) is 8.35. The molecule has 0 saturated heterocycles. The zero-order valence-corrected chi connectivity index (χ0v) is 10.5. The van der Waals surface area contributed by atoms with Crippen molar-refractivity contribution in [3.05, 3.63) is 0 Å². The molecule has 0 aromatic rings. The second-order valence-corrected chi connectivity index (χ2v) is 4.73. The molecule has 0 heterocycles. The molecule has 0 aliphatic heterocycles. The molecule has 0 spiro atoms. The first kappa shape index (κ1) is 15.1. The minimum absolute atomic E-state index is 0.0583. The molecule has 2 unspecified atom stereocenters. The lowest BCUT2D eigenvalue weighted by atomic mass is 9.84. The van der Waals surface area contributed by atoms with Crippen molar-refractivity contribution in [3.63, 3.8) is 0 Å². The molecule has 2 atom stereocenters. The average Bonchev–Trinajstić information content (AvgIpc) is 2.34. The fourth-order valence-corrected chi connectivity index (χ4v) is 2.42. The Morgan fingerprint density at radius 2 is 2.00 bits per heavy atom. The van der Waals surface area contributed by atoms with E-state index in [9.17, 15) is 18.0 Å². The van der Waals surface area contributed by atoms with E-state index in [4.69, 9.17) is 5.73 Å². The van der Waals surface area contributed by atoms with Gasteiger partial charge in [0.05, 0.1) is 0 Å². The Labute approximate surface area is 105 Å². The molecule has 18 heavy (non-hydrogen) atoms. The van der Waals surface area contributed by atoms with Crippen LogP contribution >= 0.6 is 0 Å². The lowest BCUT2D eigenvalue weighted by molar-refractivity contribution is -0.123. The highest BCUT2D eigenvalue weighted by atomic mass is 19.4. The number of hydrogen-bond acceptors (Lipinski definition) is 2. The minimum atomic E-state index is -4.38. The maximum absolute atomic E-state index is 12.0. The molecule has 1 aliphatic rings. The Bertz CT molecular complexity index is 283. The molecular formula is C11H20F3N3O. The molecule has 0 aromatic heterocycles. The van der Waals surface area contributed by atoms with Crippen LogP contribution in [0.4, 0.5) is 18.0 Å². The molecule has 0 radical (unpaired) electrons. The molecule has 1 rings (SSSR count). The van der Waals surface area contributed by atoms with Gasteiger partial charge in [0.2, 0.25) is 0 Å². The normalized spacial score (nSPS) is 24.7. The quantitative estimate of drug-likeness (QED) is 0.817. The molecule has 106 valence electrons. The lowest BCUT2D eigenvalue weighted by Gasteiger charge is -2.37. The average molecular weight is 267 g/mol. The number of halogens is 3. The highest BCUT2D eigenvalue weighted by molar-refractivity contribution is 5.74. The summed E-state index contributed by atoms with van der Waals surface area (Å²) >= 11 is 0. The van der Waals surface area contributed by atoms with Crippen molar-refractivity contribution in [2.75, 3.05) is 20.1 Å². The molecule has 1 saturated carbocycles. The van der Waals surface area contributed by atoms with Crippen molar-refractivity contribution in [2.45, 2.75) is 37.9 Å². The van der Waals surface area contributed by atoms with E-state index in [1.807, 2.05) is 5.32 Å². The molecule has 4 nitrogen and oxygen atoms in total. The fourth-order valence-electron chi connectivity index (χ4n) is 2.42. The topological polar surface area (TPSA) is 58.4 Å². The molecule has 0 bridgehead atoms. The van der Waals surface area contributed by atoms with E-state index >= 15 is 0 Å². The predicted molar refractivity (Wildman–Crippen MR) is 62.0 cm³/mol. The number of carbonyl (C=O) groups is 1. The van der Waals surface area contributed by atoms with Gasteiger partial charge in [0.25, 0.3) is 0 Å². The zero-order chi connectivity index (χ0) is 13.8. The first-order valence-corrected chi connectivity index (χ1v) is 6.12. The monoisotopic (exact) mass is 267 g/mol.